The maximum absolute atomic E-state index is 13.5. The molecular weight excluding hydrogens is 308 g/mol. The molecule has 0 aliphatic carbocycles. The van der Waals surface area contributed by atoms with Crippen LogP contribution in [0, 0.1) is 17.7 Å². The van der Waals surface area contributed by atoms with Crippen molar-refractivity contribution >= 4 is 28.8 Å². The Morgan fingerprint density at radius 1 is 1.33 bits per heavy atom. The molecule has 1 atom stereocenters. The van der Waals surface area contributed by atoms with Gasteiger partial charge in [0.25, 0.3) is 0 Å². The summed E-state index contributed by atoms with van der Waals surface area (Å²) < 4.78 is 51.3. The summed E-state index contributed by atoms with van der Waals surface area (Å²) in [5, 5.41) is 2.10. The van der Waals surface area contributed by atoms with Gasteiger partial charge in [0.05, 0.1) is 22.2 Å². The number of anilines is 1. The van der Waals surface area contributed by atoms with Gasteiger partial charge >= 0.3 is 6.18 Å². The van der Waals surface area contributed by atoms with Gasteiger partial charge in [-0.2, -0.15) is 13.2 Å². The van der Waals surface area contributed by atoms with Crippen molar-refractivity contribution in [3.8, 4) is 0 Å². The molecule has 0 heterocycles. The second-order valence-corrected chi connectivity index (χ2v) is 5.28. The molecule has 0 fully saturated rings. The van der Waals surface area contributed by atoms with Crippen LogP contribution in [0.4, 0.5) is 23.2 Å². The van der Waals surface area contributed by atoms with Gasteiger partial charge in [-0.3, -0.25) is 4.79 Å². The molecule has 1 rings (SSSR count). The van der Waals surface area contributed by atoms with Gasteiger partial charge in [0.2, 0.25) is 5.91 Å². The Morgan fingerprint density at radius 3 is 2.33 bits per heavy atom. The van der Waals surface area contributed by atoms with Crippen LogP contribution in [-0.4, -0.2) is 10.9 Å². The molecule has 0 spiro atoms. The molecular formula is C13H14F4N2OS. The number of carbonyl (C=O) groups excluding carboxylic acids is 1. The van der Waals surface area contributed by atoms with Crippen molar-refractivity contribution in [1.82, 2.24) is 0 Å². The first-order valence-corrected chi connectivity index (χ1v) is 6.41. The van der Waals surface area contributed by atoms with Gasteiger partial charge in [-0.1, -0.05) is 26.1 Å². The Balaban J connectivity index is 3.07. The number of amides is 1. The van der Waals surface area contributed by atoms with Crippen molar-refractivity contribution < 1.29 is 22.4 Å². The highest BCUT2D eigenvalue weighted by Gasteiger charge is 2.32. The number of carbonyl (C=O) groups is 1. The first kappa shape index (κ1) is 17.4. The largest absolute Gasteiger partial charge is 0.416 e. The van der Waals surface area contributed by atoms with E-state index < -0.39 is 35.1 Å². The Labute approximate surface area is 124 Å². The molecule has 0 saturated carbocycles. The highest BCUT2D eigenvalue weighted by molar-refractivity contribution is 7.80. The van der Waals surface area contributed by atoms with E-state index in [-0.39, 0.29) is 10.9 Å². The molecule has 1 unspecified atom stereocenters. The van der Waals surface area contributed by atoms with Gasteiger partial charge in [0.1, 0.15) is 5.82 Å². The van der Waals surface area contributed by atoms with Crippen molar-refractivity contribution in [2.24, 2.45) is 17.6 Å². The van der Waals surface area contributed by atoms with Gasteiger partial charge in [-0.25, -0.2) is 4.39 Å². The fraction of sp³-hybridized carbons (Fsp3) is 0.385. The lowest BCUT2D eigenvalue weighted by atomic mass is 9.95. The second-order valence-electron chi connectivity index (χ2n) is 4.81. The first-order valence-electron chi connectivity index (χ1n) is 6.01. The molecule has 116 valence electrons. The number of halogens is 4. The minimum absolute atomic E-state index is 0.102. The molecule has 1 aromatic carbocycles. The average molecular weight is 322 g/mol. The third kappa shape index (κ3) is 4.38. The number of thiocarbonyl (C=S) groups is 1. The van der Waals surface area contributed by atoms with E-state index in [0.29, 0.717) is 18.2 Å². The van der Waals surface area contributed by atoms with Crippen LogP contribution in [0.15, 0.2) is 18.2 Å². The summed E-state index contributed by atoms with van der Waals surface area (Å²) in [4.78, 5) is 11.9. The standard InChI is InChI=1S/C13H14F4N2OS/c1-6(2)10(11(18)21)12(20)19-9-5-7(13(15,16)17)3-4-8(9)14/h3-6,10H,1-2H3,(H2,18,21)(H,19,20). The van der Waals surface area contributed by atoms with Crippen LogP contribution in [0.3, 0.4) is 0 Å². The van der Waals surface area contributed by atoms with E-state index in [4.69, 9.17) is 18.0 Å². The number of nitrogens with one attached hydrogen (secondary N) is 1. The Morgan fingerprint density at radius 2 is 1.90 bits per heavy atom. The van der Waals surface area contributed by atoms with Crippen LogP contribution >= 0.6 is 12.2 Å². The fourth-order valence-corrected chi connectivity index (χ4v) is 2.15. The SMILES string of the molecule is CC(C)C(C(=O)Nc1cc(C(F)(F)F)ccc1F)C(N)=S. The number of benzene rings is 1. The van der Waals surface area contributed by atoms with Gasteiger partial charge in [-0.05, 0) is 24.1 Å². The number of nitrogens with two attached hydrogens (primary N) is 1. The number of rotatable bonds is 4. The van der Waals surface area contributed by atoms with E-state index >= 15 is 0 Å². The summed E-state index contributed by atoms with van der Waals surface area (Å²) in [6.07, 6.45) is -4.63. The zero-order valence-corrected chi connectivity index (χ0v) is 12.1. The molecule has 8 heteroatoms. The number of hydrogen-bond donors (Lipinski definition) is 2. The maximum Gasteiger partial charge on any atom is 0.416 e. The Kier molecular flexibility index (Phi) is 5.27. The molecule has 0 saturated heterocycles. The van der Waals surface area contributed by atoms with E-state index in [1.54, 1.807) is 13.8 Å². The minimum atomic E-state index is -4.63. The predicted molar refractivity (Wildman–Crippen MR) is 75.1 cm³/mol. The number of alkyl halides is 3. The highest BCUT2D eigenvalue weighted by atomic mass is 32.1. The van der Waals surface area contributed by atoms with Gasteiger partial charge in [0.15, 0.2) is 0 Å². The zero-order chi connectivity index (χ0) is 16.4. The summed E-state index contributed by atoms with van der Waals surface area (Å²) in [6, 6.07) is 1.77. The normalized spacial score (nSPS) is 13.1. The van der Waals surface area contributed by atoms with Crippen LogP contribution in [0.5, 0.6) is 0 Å². The van der Waals surface area contributed by atoms with E-state index in [1.165, 1.54) is 0 Å². The van der Waals surface area contributed by atoms with Crippen molar-refractivity contribution in [2.75, 3.05) is 5.32 Å². The topological polar surface area (TPSA) is 55.1 Å². The lowest BCUT2D eigenvalue weighted by Gasteiger charge is -2.19. The van der Waals surface area contributed by atoms with Crippen LogP contribution in [0.2, 0.25) is 0 Å². The molecule has 0 aliphatic rings. The highest BCUT2D eigenvalue weighted by Crippen LogP contribution is 2.32. The molecule has 0 aromatic heterocycles. The maximum atomic E-state index is 13.5. The lowest BCUT2D eigenvalue weighted by molar-refractivity contribution is -0.137. The second kappa shape index (κ2) is 6.38. The molecule has 1 amide bonds. The third-order valence-electron chi connectivity index (χ3n) is 2.81. The Hall–Kier alpha value is -1.70. The zero-order valence-electron chi connectivity index (χ0n) is 11.3. The minimum Gasteiger partial charge on any atom is -0.393 e. The van der Waals surface area contributed by atoms with E-state index in [1.807, 2.05) is 0 Å². The lowest BCUT2D eigenvalue weighted by Crippen LogP contribution is -2.37. The van der Waals surface area contributed by atoms with Crippen LogP contribution in [-0.2, 0) is 11.0 Å². The Bertz CT molecular complexity index is 558. The number of hydrogen-bond acceptors (Lipinski definition) is 2. The molecule has 0 aliphatic heterocycles. The summed E-state index contributed by atoms with van der Waals surface area (Å²) in [6.45, 7) is 3.35. The molecule has 21 heavy (non-hydrogen) atoms. The predicted octanol–water partition coefficient (Wildman–Crippen LogP) is 3.34. The summed E-state index contributed by atoms with van der Waals surface area (Å²) >= 11 is 4.75. The molecule has 0 radical (unpaired) electrons. The summed E-state index contributed by atoms with van der Waals surface area (Å²) in [7, 11) is 0. The van der Waals surface area contributed by atoms with Crippen LogP contribution in [0.1, 0.15) is 19.4 Å². The van der Waals surface area contributed by atoms with E-state index in [0.717, 1.165) is 0 Å². The average Bonchev–Trinajstić information content (AvgIpc) is 2.29. The van der Waals surface area contributed by atoms with E-state index in [2.05, 4.69) is 5.32 Å². The molecule has 3 N–H and O–H groups in total. The summed E-state index contributed by atoms with van der Waals surface area (Å²) in [5.41, 5.74) is 3.81. The summed E-state index contributed by atoms with van der Waals surface area (Å²) in [5.74, 6) is -2.87. The molecule has 3 nitrogen and oxygen atoms in total. The quantitative estimate of drug-likeness (QED) is 0.660. The smallest absolute Gasteiger partial charge is 0.393 e. The van der Waals surface area contributed by atoms with Gasteiger partial charge in [0, 0.05) is 0 Å². The van der Waals surface area contributed by atoms with Crippen LogP contribution < -0.4 is 11.1 Å². The molecule has 0 bridgehead atoms. The van der Waals surface area contributed by atoms with E-state index in [9.17, 15) is 22.4 Å². The van der Waals surface area contributed by atoms with Crippen molar-refractivity contribution in [3.63, 3.8) is 0 Å². The fourth-order valence-electron chi connectivity index (χ4n) is 1.77. The monoisotopic (exact) mass is 322 g/mol. The van der Waals surface area contributed by atoms with Gasteiger partial charge < -0.3 is 11.1 Å². The third-order valence-corrected chi connectivity index (χ3v) is 3.06. The van der Waals surface area contributed by atoms with Crippen molar-refractivity contribution in [1.29, 1.82) is 0 Å². The molecule has 1 aromatic rings. The first-order chi connectivity index (χ1) is 9.54. The van der Waals surface area contributed by atoms with Gasteiger partial charge in [-0.15, -0.1) is 0 Å². The van der Waals surface area contributed by atoms with Crippen molar-refractivity contribution in [3.05, 3.63) is 29.6 Å². The van der Waals surface area contributed by atoms with Crippen molar-refractivity contribution in [2.45, 2.75) is 20.0 Å². The van der Waals surface area contributed by atoms with Crippen LogP contribution in [0.25, 0.3) is 0 Å².